The van der Waals surface area contributed by atoms with E-state index in [1.54, 1.807) is 18.3 Å². The third-order valence-corrected chi connectivity index (χ3v) is 3.57. The van der Waals surface area contributed by atoms with Gasteiger partial charge in [-0.05, 0) is 39.2 Å². The van der Waals surface area contributed by atoms with Gasteiger partial charge in [0.2, 0.25) is 0 Å². The van der Waals surface area contributed by atoms with Crippen LogP contribution in [0.3, 0.4) is 0 Å². The van der Waals surface area contributed by atoms with E-state index in [4.69, 9.17) is 0 Å². The second-order valence-corrected chi connectivity index (χ2v) is 5.11. The van der Waals surface area contributed by atoms with Crippen molar-refractivity contribution in [3.63, 3.8) is 0 Å². The van der Waals surface area contributed by atoms with Gasteiger partial charge in [0.1, 0.15) is 4.60 Å². The third-order valence-electron chi connectivity index (χ3n) is 3.10. The van der Waals surface area contributed by atoms with Crippen LogP contribution < -0.4 is 0 Å². The molecule has 3 rings (SSSR count). The smallest absolute Gasteiger partial charge is 0.256 e. The van der Waals surface area contributed by atoms with Crippen molar-refractivity contribution in [2.24, 2.45) is 0 Å². The number of benzene rings is 1. The highest BCUT2D eigenvalue weighted by atomic mass is 79.9. The molecule has 1 amide bonds. The van der Waals surface area contributed by atoms with Crippen LogP contribution in [0.1, 0.15) is 21.5 Å². The monoisotopic (exact) mass is 302 g/mol. The van der Waals surface area contributed by atoms with E-state index in [-0.39, 0.29) is 5.91 Å². The minimum absolute atomic E-state index is 0.0335. The van der Waals surface area contributed by atoms with Gasteiger partial charge in [0.05, 0.1) is 5.56 Å². The molecule has 2 aromatic rings. The summed E-state index contributed by atoms with van der Waals surface area (Å²) < 4.78 is 0.740. The summed E-state index contributed by atoms with van der Waals surface area (Å²) in [6.45, 7) is 1.37. The number of fused-ring (bicyclic) bond motifs is 1. The minimum Gasteiger partial charge on any atom is -0.330 e. The highest BCUT2D eigenvalue weighted by molar-refractivity contribution is 9.10. The fourth-order valence-corrected chi connectivity index (χ4v) is 2.40. The number of pyridine rings is 1. The van der Waals surface area contributed by atoms with E-state index in [9.17, 15) is 4.79 Å². The van der Waals surface area contributed by atoms with E-state index in [1.165, 1.54) is 11.1 Å². The molecule has 0 saturated carbocycles. The number of aromatic nitrogens is 1. The van der Waals surface area contributed by atoms with Crippen LogP contribution in [0.25, 0.3) is 0 Å². The lowest BCUT2D eigenvalue weighted by Gasteiger charge is -2.15. The van der Waals surface area contributed by atoms with Crippen molar-refractivity contribution in [2.75, 3.05) is 0 Å². The zero-order valence-corrected chi connectivity index (χ0v) is 11.2. The fourth-order valence-electron chi connectivity index (χ4n) is 2.16. The van der Waals surface area contributed by atoms with Crippen LogP contribution in [0.4, 0.5) is 0 Å². The Bertz CT molecular complexity index is 570. The van der Waals surface area contributed by atoms with Gasteiger partial charge in [-0.1, -0.05) is 24.3 Å². The number of halogens is 1. The van der Waals surface area contributed by atoms with Gasteiger partial charge in [0.25, 0.3) is 5.91 Å². The lowest BCUT2D eigenvalue weighted by atomic mass is 10.1. The Morgan fingerprint density at radius 3 is 2.33 bits per heavy atom. The SMILES string of the molecule is O=C(c1ccc(Br)nc1)N1Cc2ccccc2C1. The Morgan fingerprint density at radius 2 is 1.78 bits per heavy atom. The van der Waals surface area contributed by atoms with Crippen molar-refractivity contribution < 1.29 is 4.79 Å². The number of rotatable bonds is 1. The van der Waals surface area contributed by atoms with E-state index >= 15 is 0 Å². The van der Waals surface area contributed by atoms with Crippen molar-refractivity contribution >= 4 is 21.8 Å². The zero-order chi connectivity index (χ0) is 12.5. The molecule has 0 unspecified atom stereocenters. The highest BCUT2D eigenvalue weighted by Crippen LogP contribution is 2.23. The number of amides is 1. The van der Waals surface area contributed by atoms with E-state index in [1.807, 2.05) is 17.0 Å². The number of carbonyl (C=O) groups is 1. The Balaban J connectivity index is 1.82. The van der Waals surface area contributed by atoms with Gasteiger partial charge in [0, 0.05) is 19.3 Å². The molecular weight excluding hydrogens is 292 g/mol. The van der Waals surface area contributed by atoms with E-state index < -0.39 is 0 Å². The summed E-state index contributed by atoms with van der Waals surface area (Å²) in [5.74, 6) is 0.0335. The molecule has 0 N–H and O–H groups in total. The first-order valence-corrected chi connectivity index (χ1v) is 6.51. The zero-order valence-electron chi connectivity index (χ0n) is 9.64. The first-order chi connectivity index (χ1) is 8.74. The maximum Gasteiger partial charge on any atom is 0.256 e. The number of carbonyl (C=O) groups excluding carboxylic acids is 1. The minimum atomic E-state index is 0.0335. The molecule has 1 aromatic heterocycles. The van der Waals surface area contributed by atoms with Crippen LogP contribution >= 0.6 is 15.9 Å². The molecule has 0 aliphatic carbocycles. The summed E-state index contributed by atoms with van der Waals surface area (Å²) in [5.41, 5.74) is 3.10. The molecule has 2 heterocycles. The molecule has 0 spiro atoms. The second-order valence-electron chi connectivity index (χ2n) is 4.30. The van der Waals surface area contributed by atoms with Crippen LogP contribution in [0.5, 0.6) is 0 Å². The molecular formula is C14H11BrN2O. The number of hydrogen-bond acceptors (Lipinski definition) is 2. The largest absolute Gasteiger partial charge is 0.330 e. The summed E-state index contributed by atoms with van der Waals surface area (Å²) in [5, 5.41) is 0. The molecule has 3 nitrogen and oxygen atoms in total. The Labute approximate surface area is 114 Å². The molecule has 1 aliphatic rings. The van der Waals surface area contributed by atoms with Crippen molar-refractivity contribution in [1.29, 1.82) is 0 Å². The molecule has 0 bridgehead atoms. The topological polar surface area (TPSA) is 33.2 Å². The molecule has 1 aliphatic heterocycles. The first kappa shape index (κ1) is 11.4. The molecule has 0 saturated heterocycles. The molecule has 0 atom stereocenters. The van der Waals surface area contributed by atoms with E-state index in [0.717, 1.165) is 4.60 Å². The third kappa shape index (κ3) is 2.04. The predicted octanol–water partition coefficient (Wildman–Crippen LogP) is 3.00. The number of nitrogens with zero attached hydrogens (tertiary/aromatic N) is 2. The standard InChI is InChI=1S/C14H11BrN2O/c15-13-6-5-10(7-16-13)14(18)17-8-11-3-1-2-4-12(11)9-17/h1-7H,8-9H2. The normalized spacial score (nSPS) is 13.5. The quantitative estimate of drug-likeness (QED) is 0.759. The van der Waals surface area contributed by atoms with Crippen LogP contribution in [0.15, 0.2) is 47.2 Å². The van der Waals surface area contributed by atoms with Gasteiger partial charge in [-0.15, -0.1) is 0 Å². The summed E-state index contributed by atoms with van der Waals surface area (Å²) in [4.78, 5) is 18.2. The van der Waals surface area contributed by atoms with E-state index in [0.29, 0.717) is 18.7 Å². The van der Waals surface area contributed by atoms with Crippen molar-refractivity contribution in [1.82, 2.24) is 9.88 Å². The second kappa shape index (κ2) is 4.53. The van der Waals surface area contributed by atoms with Gasteiger partial charge in [0.15, 0.2) is 0 Å². The van der Waals surface area contributed by atoms with Gasteiger partial charge in [-0.25, -0.2) is 4.98 Å². The highest BCUT2D eigenvalue weighted by Gasteiger charge is 2.23. The van der Waals surface area contributed by atoms with Crippen LogP contribution in [-0.2, 0) is 13.1 Å². The maximum atomic E-state index is 12.3. The Kier molecular flexibility index (Phi) is 2.88. The van der Waals surface area contributed by atoms with Gasteiger partial charge < -0.3 is 4.90 Å². The lowest BCUT2D eigenvalue weighted by molar-refractivity contribution is 0.0751. The summed E-state index contributed by atoms with van der Waals surface area (Å²) in [7, 11) is 0. The predicted molar refractivity (Wildman–Crippen MR) is 72.0 cm³/mol. The fraction of sp³-hybridized carbons (Fsp3) is 0.143. The average molecular weight is 303 g/mol. The summed E-state index contributed by atoms with van der Waals surface area (Å²) >= 11 is 3.27. The molecule has 0 radical (unpaired) electrons. The molecule has 90 valence electrons. The average Bonchev–Trinajstić information content (AvgIpc) is 2.82. The van der Waals surface area contributed by atoms with Crippen molar-refractivity contribution in [2.45, 2.75) is 13.1 Å². The molecule has 4 heteroatoms. The van der Waals surface area contributed by atoms with Crippen LogP contribution in [0.2, 0.25) is 0 Å². The summed E-state index contributed by atoms with van der Waals surface area (Å²) in [6.07, 6.45) is 1.61. The molecule has 1 aromatic carbocycles. The first-order valence-electron chi connectivity index (χ1n) is 5.71. The van der Waals surface area contributed by atoms with Crippen LogP contribution in [-0.4, -0.2) is 15.8 Å². The van der Waals surface area contributed by atoms with Crippen molar-refractivity contribution in [3.8, 4) is 0 Å². The van der Waals surface area contributed by atoms with Gasteiger partial charge >= 0.3 is 0 Å². The van der Waals surface area contributed by atoms with Gasteiger partial charge in [-0.3, -0.25) is 4.79 Å². The number of hydrogen-bond donors (Lipinski definition) is 0. The maximum absolute atomic E-state index is 12.3. The van der Waals surface area contributed by atoms with E-state index in [2.05, 4.69) is 33.0 Å². The Morgan fingerprint density at radius 1 is 1.11 bits per heavy atom. The molecule has 0 fully saturated rings. The van der Waals surface area contributed by atoms with Gasteiger partial charge in [-0.2, -0.15) is 0 Å². The Hall–Kier alpha value is -1.68. The molecule has 18 heavy (non-hydrogen) atoms. The van der Waals surface area contributed by atoms with Crippen LogP contribution in [0, 0.1) is 0 Å². The van der Waals surface area contributed by atoms with Crippen molar-refractivity contribution in [3.05, 3.63) is 63.9 Å². The lowest BCUT2D eigenvalue weighted by Crippen LogP contribution is -2.25. The summed E-state index contributed by atoms with van der Waals surface area (Å²) in [6, 6.07) is 11.7.